The van der Waals surface area contributed by atoms with Gasteiger partial charge in [0.1, 0.15) is 12.4 Å². The van der Waals surface area contributed by atoms with Crippen LogP contribution in [0.2, 0.25) is 0 Å². The molecule has 12 heteroatoms. The fourth-order valence-electron chi connectivity index (χ4n) is 3.33. The molecule has 0 spiro atoms. The molecule has 0 radical (unpaired) electrons. The molecule has 0 saturated heterocycles. The Labute approximate surface area is 224 Å². The Kier molecular flexibility index (Phi) is 9.11. The van der Waals surface area contributed by atoms with Crippen LogP contribution in [0.1, 0.15) is 6.42 Å². The zero-order valence-corrected chi connectivity index (χ0v) is 22.8. The Morgan fingerprint density at radius 1 is 0.703 bits per heavy atom. The fraction of sp³-hybridized carbons (Fsp3) is 0.280. The molecule has 0 amide bonds. The van der Waals surface area contributed by atoms with Gasteiger partial charge in [0.15, 0.2) is 22.9 Å². The van der Waals surface area contributed by atoms with Crippen LogP contribution in [0.5, 0.6) is 11.5 Å². The number of rotatable bonds is 12. The third kappa shape index (κ3) is 7.08. The van der Waals surface area contributed by atoms with Crippen LogP contribution in [0.25, 0.3) is 0 Å². The van der Waals surface area contributed by atoms with E-state index in [-0.39, 0.29) is 0 Å². The van der Waals surface area contributed by atoms with Crippen molar-refractivity contribution < 1.29 is 18.6 Å². The maximum atomic E-state index is 5.51. The predicted octanol–water partition coefficient (Wildman–Crippen LogP) is 6.22. The number of thiazole rings is 2. The number of hydrogen-bond donors (Lipinski definition) is 2. The lowest BCUT2D eigenvalue weighted by atomic mass is 10.2. The van der Waals surface area contributed by atoms with E-state index in [2.05, 4.69) is 31.1 Å². The summed E-state index contributed by atoms with van der Waals surface area (Å²) < 4.78 is 14.9. The average molecular weight is 539 g/mol. The number of azo groups is 2. The molecular weight excluding hydrogens is 508 g/mol. The van der Waals surface area contributed by atoms with Crippen LogP contribution in [0.15, 0.2) is 80.0 Å². The van der Waals surface area contributed by atoms with Crippen molar-refractivity contribution >= 4 is 55.7 Å². The maximum absolute atomic E-state index is 5.51. The molecule has 0 bridgehead atoms. The average Bonchev–Trinajstić information content (AvgIpc) is 3.53. The number of methoxy groups -OCH3 is 2. The topological polar surface area (TPSA) is 99.7 Å². The Hall–Kier alpha value is -3.90. The highest BCUT2D eigenvalue weighted by atomic mass is 32.1. The highest BCUT2D eigenvalue weighted by Gasteiger charge is 2.12. The summed E-state index contributed by atoms with van der Waals surface area (Å²) in [6.45, 7) is 1.59. The summed E-state index contributed by atoms with van der Waals surface area (Å²) in [7, 11) is 7.15. The molecule has 0 aliphatic heterocycles. The summed E-state index contributed by atoms with van der Waals surface area (Å²) in [5.41, 5.74) is 3.30. The largest absolute Gasteiger partial charge is 0.494 e. The van der Waals surface area contributed by atoms with Crippen molar-refractivity contribution in [3.63, 3.8) is 0 Å². The molecule has 0 aliphatic carbocycles. The second-order valence-electron chi connectivity index (χ2n) is 7.97. The zero-order valence-electron chi connectivity index (χ0n) is 21.2. The van der Waals surface area contributed by atoms with E-state index >= 15 is 0 Å². The first-order chi connectivity index (χ1) is 18.1. The fourth-order valence-corrected chi connectivity index (χ4v) is 4.70. The summed E-state index contributed by atoms with van der Waals surface area (Å²) in [4.78, 5) is 0. The summed E-state index contributed by atoms with van der Waals surface area (Å²) in [5.74, 6) is 1.34. The maximum Gasteiger partial charge on any atom is 0.408 e. The molecule has 0 aliphatic rings. The molecule has 4 rings (SSSR count). The van der Waals surface area contributed by atoms with Crippen molar-refractivity contribution in [2.45, 2.75) is 6.42 Å². The second-order valence-corrected chi connectivity index (χ2v) is 9.72. The van der Waals surface area contributed by atoms with Gasteiger partial charge < -0.3 is 20.1 Å². The Balaban J connectivity index is 1.26. The molecule has 2 N–H and O–H groups in total. The first kappa shape index (κ1) is 26.2. The quantitative estimate of drug-likeness (QED) is 0.127. The van der Waals surface area contributed by atoms with E-state index in [0.29, 0.717) is 22.9 Å². The second kappa shape index (κ2) is 12.9. The zero-order chi connectivity index (χ0) is 26.0. The van der Waals surface area contributed by atoms with Crippen molar-refractivity contribution in [1.82, 2.24) is 0 Å². The van der Waals surface area contributed by atoms with Crippen LogP contribution in [-0.4, -0.2) is 27.3 Å². The first-order valence-corrected chi connectivity index (χ1v) is 13.4. The number of hydrogen-bond acceptors (Lipinski definition) is 10. The lowest BCUT2D eigenvalue weighted by Gasteiger charge is -2.11. The number of aryl methyl sites for hydroxylation is 2. The predicted molar refractivity (Wildman–Crippen MR) is 147 cm³/mol. The minimum atomic E-state index is 0.670. The SMILES string of the molecule is COc1cc(NCCCNc2ccc(/N=N/c3scc[n+]3C)c(OC)c2)ccc1/N=N/c1scc[n+]1C. The van der Waals surface area contributed by atoms with Gasteiger partial charge in [-0.15, -0.1) is 0 Å². The molecule has 10 nitrogen and oxygen atoms in total. The number of anilines is 2. The Morgan fingerprint density at radius 3 is 1.54 bits per heavy atom. The summed E-state index contributed by atoms with van der Waals surface area (Å²) in [6, 6.07) is 11.6. The molecule has 4 aromatic rings. The van der Waals surface area contributed by atoms with Crippen LogP contribution >= 0.6 is 22.7 Å². The minimum absolute atomic E-state index is 0.670. The molecule has 2 heterocycles. The number of benzene rings is 2. The molecule has 192 valence electrons. The monoisotopic (exact) mass is 538 g/mol. The smallest absolute Gasteiger partial charge is 0.408 e. The van der Waals surface area contributed by atoms with Gasteiger partial charge in [0.05, 0.1) is 38.5 Å². The Morgan fingerprint density at radius 2 is 1.16 bits per heavy atom. The normalized spacial score (nSPS) is 11.4. The number of nitrogens with zero attached hydrogens (tertiary/aromatic N) is 6. The van der Waals surface area contributed by atoms with Gasteiger partial charge in [-0.25, -0.2) is 9.13 Å². The van der Waals surface area contributed by atoms with Crippen molar-refractivity contribution in [3.05, 3.63) is 59.6 Å². The Bertz CT molecular complexity index is 1280. The summed E-state index contributed by atoms with van der Waals surface area (Å²) >= 11 is 3.06. The third-order valence-corrected chi connectivity index (χ3v) is 7.05. The van der Waals surface area contributed by atoms with Crippen molar-refractivity contribution in [2.24, 2.45) is 34.6 Å². The van der Waals surface area contributed by atoms with Gasteiger partial charge in [0, 0.05) is 47.4 Å². The summed E-state index contributed by atoms with van der Waals surface area (Å²) in [5, 5.41) is 29.7. The van der Waals surface area contributed by atoms with Crippen molar-refractivity contribution in [3.8, 4) is 11.5 Å². The van der Waals surface area contributed by atoms with Crippen LogP contribution < -0.4 is 29.2 Å². The van der Waals surface area contributed by atoms with Gasteiger partial charge in [0.25, 0.3) is 0 Å². The van der Waals surface area contributed by atoms with Gasteiger partial charge in [-0.1, -0.05) is 0 Å². The van der Waals surface area contributed by atoms with Crippen molar-refractivity contribution in [2.75, 3.05) is 37.9 Å². The van der Waals surface area contributed by atoms with Gasteiger partial charge in [-0.05, 0) is 63.6 Å². The minimum Gasteiger partial charge on any atom is -0.494 e. The van der Waals surface area contributed by atoms with E-state index in [1.807, 2.05) is 82.8 Å². The molecule has 2 aromatic carbocycles. The molecule has 2 aromatic heterocycles. The lowest BCUT2D eigenvalue weighted by Crippen LogP contribution is -2.23. The van der Waals surface area contributed by atoms with E-state index in [0.717, 1.165) is 41.1 Å². The van der Waals surface area contributed by atoms with Crippen LogP contribution in [0.3, 0.4) is 0 Å². The van der Waals surface area contributed by atoms with E-state index in [4.69, 9.17) is 9.47 Å². The molecule has 0 unspecified atom stereocenters. The number of nitrogens with one attached hydrogen (secondary N) is 2. The van der Waals surface area contributed by atoms with Gasteiger partial charge in [-0.3, -0.25) is 0 Å². The van der Waals surface area contributed by atoms with E-state index in [1.54, 1.807) is 14.2 Å². The van der Waals surface area contributed by atoms with E-state index in [1.165, 1.54) is 22.7 Å². The van der Waals surface area contributed by atoms with Gasteiger partial charge in [0.2, 0.25) is 0 Å². The molecule has 37 heavy (non-hydrogen) atoms. The third-order valence-electron chi connectivity index (χ3n) is 5.38. The highest BCUT2D eigenvalue weighted by molar-refractivity contribution is 7.13. The van der Waals surface area contributed by atoms with Gasteiger partial charge >= 0.3 is 10.3 Å². The van der Waals surface area contributed by atoms with E-state index in [9.17, 15) is 0 Å². The molecule has 0 fully saturated rings. The molecular formula is C25H30N8O2S2+2. The van der Waals surface area contributed by atoms with E-state index < -0.39 is 0 Å². The standard InChI is InChI=1S/C25H28N8O2S2/c1-32-12-14-36-24(32)30-28-20-8-6-18(16-22(20)34-3)26-10-5-11-27-19-7-9-21(23(17-19)35-4)29-31-25-33(2)13-15-37-25/h6-9,12-17H,5,10-11H2,1-4H3/p+2. The first-order valence-electron chi connectivity index (χ1n) is 11.6. The summed E-state index contributed by atoms with van der Waals surface area (Å²) in [6.07, 6.45) is 4.81. The lowest BCUT2D eigenvalue weighted by molar-refractivity contribution is -0.654. The van der Waals surface area contributed by atoms with Gasteiger partial charge in [-0.2, -0.15) is 0 Å². The number of aromatic nitrogens is 2. The van der Waals surface area contributed by atoms with Crippen LogP contribution in [-0.2, 0) is 14.1 Å². The van der Waals surface area contributed by atoms with Crippen LogP contribution in [0, 0.1) is 0 Å². The molecule has 0 saturated carbocycles. The highest BCUT2D eigenvalue weighted by Crippen LogP contribution is 2.33. The number of ether oxygens (including phenoxy) is 2. The van der Waals surface area contributed by atoms with Crippen molar-refractivity contribution in [1.29, 1.82) is 0 Å². The van der Waals surface area contributed by atoms with Crippen LogP contribution in [0.4, 0.5) is 33.0 Å². The molecule has 0 atom stereocenters.